The van der Waals surface area contributed by atoms with E-state index in [9.17, 15) is 33.4 Å². The molecule has 0 bridgehead atoms. The average Bonchev–Trinajstić information content (AvgIpc) is 3.18. The standard InChI is InChI=1S/C22H13ClF3N7O4/c23-15-8-6-13(22(24,25)26)10-16(15)28-29-20-19(12-4-2-1-3-5-12)30-31(21(20)27)17-9-7-14(32(34)35)11-18(17)33(36)37/h1-11H,27H2. The molecule has 0 saturated carbocycles. The second kappa shape index (κ2) is 9.66. The van der Waals surface area contributed by atoms with Gasteiger partial charge in [-0.05, 0) is 24.3 Å². The van der Waals surface area contributed by atoms with E-state index in [1.807, 2.05) is 0 Å². The third-order valence-electron chi connectivity index (χ3n) is 5.07. The van der Waals surface area contributed by atoms with E-state index in [1.165, 1.54) is 0 Å². The predicted octanol–water partition coefficient (Wildman–Crippen LogP) is 7.03. The van der Waals surface area contributed by atoms with Crippen LogP contribution in [-0.4, -0.2) is 19.6 Å². The summed E-state index contributed by atoms with van der Waals surface area (Å²) in [5.74, 6) is -0.261. The van der Waals surface area contributed by atoms with Gasteiger partial charge in [0.1, 0.15) is 17.1 Å². The van der Waals surface area contributed by atoms with Crippen LogP contribution in [0.2, 0.25) is 5.02 Å². The number of anilines is 1. The zero-order chi connectivity index (χ0) is 26.9. The monoisotopic (exact) mass is 531 g/mol. The normalized spacial score (nSPS) is 11.7. The maximum Gasteiger partial charge on any atom is 0.416 e. The average molecular weight is 532 g/mol. The number of hydrogen-bond acceptors (Lipinski definition) is 8. The molecule has 0 unspecified atom stereocenters. The van der Waals surface area contributed by atoms with E-state index in [-0.39, 0.29) is 33.6 Å². The molecule has 0 aliphatic heterocycles. The lowest BCUT2D eigenvalue weighted by Crippen LogP contribution is -2.06. The minimum absolute atomic E-state index is 0.0950. The Morgan fingerprint density at radius 1 is 0.946 bits per heavy atom. The second-order valence-corrected chi connectivity index (χ2v) is 7.82. The zero-order valence-electron chi connectivity index (χ0n) is 18.3. The number of aromatic nitrogens is 2. The van der Waals surface area contributed by atoms with Crippen molar-refractivity contribution in [1.82, 2.24) is 9.78 Å². The number of benzene rings is 3. The first kappa shape index (κ1) is 25.2. The van der Waals surface area contributed by atoms with Gasteiger partial charge in [-0.15, -0.1) is 10.2 Å². The lowest BCUT2D eigenvalue weighted by molar-refractivity contribution is -0.394. The lowest BCUT2D eigenvalue weighted by Gasteiger charge is -2.07. The van der Waals surface area contributed by atoms with Crippen molar-refractivity contribution < 1.29 is 23.0 Å². The maximum atomic E-state index is 13.1. The summed E-state index contributed by atoms with van der Waals surface area (Å²) in [6.45, 7) is 0. The van der Waals surface area contributed by atoms with Crippen molar-refractivity contribution in [2.75, 3.05) is 5.73 Å². The maximum absolute atomic E-state index is 13.1. The lowest BCUT2D eigenvalue weighted by atomic mass is 10.1. The molecule has 0 aliphatic carbocycles. The molecule has 0 saturated heterocycles. The Labute approximate surface area is 209 Å². The molecular formula is C22H13ClF3N7O4. The topological polar surface area (TPSA) is 155 Å². The number of nitrogens with two attached hydrogens (primary N) is 1. The highest BCUT2D eigenvalue weighted by Crippen LogP contribution is 2.41. The SMILES string of the molecule is Nc1c(N=Nc2cc(C(F)(F)F)ccc2Cl)c(-c2ccccc2)nn1-c1ccc([N+](=O)[O-])cc1[N+](=O)[O-]. The number of nitrogen functional groups attached to an aromatic ring is 1. The number of hydrogen-bond donors (Lipinski definition) is 1. The molecule has 4 aromatic rings. The van der Waals surface area contributed by atoms with Gasteiger partial charge in [-0.3, -0.25) is 20.2 Å². The molecule has 1 heterocycles. The number of non-ortho nitro benzene ring substituents is 1. The van der Waals surface area contributed by atoms with Gasteiger partial charge in [0.2, 0.25) is 0 Å². The smallest absolute Gasteiger partial charge is 0.382 e. The van der Waals surface area contributed by atoms with Gasteiger partial charge in [0, 0.05) is 11.6 Å². The highest BCUT2D eigenvalue weighted by Gasteiger charge is 2.31. The van der Waals surface area contributed by atoms with E-state index in [0.717, 1.165) is 35.0 Å². The minimum Gasteiger partial charge on any atom is -0.382 e. The van der Waals surface area contributed by atoms with E-state index in [4.69, 9.17) is 17.3 Å². The van der Waals surface area contributed by atoms with Gasteiger partial charge in [-0.2, -0.15) is 18.3 Å². The zero-order valence-corrected chi connectivity index (χ0v) is 19.0. The predicted molar refractivity (Wildman–Crippen MR) is 127 cm³/mol. The van der Waals surface area contributed by atoms with Crippen molar-refractivity contribution in [3.63, 3.8) is 0 Å². The summed E-state index contributed by atoms with van der Waals surface area (Å²) in [6, 6.07) is 13.7. The molecule has 0 fully saturated rings. The molecule has 0 spiro atoms. The molecule has 188 valence electrons. The summed E-state index contributed by atoms with van der Waals surface area (Å²) >= 11 is 6.00. The fraction of sp³-hybridized carbons (Fsp3) is 0.0455. The fourth-order valence-electron chi connectivity index (χ4n) is 3.32. The fourth-order valence-corrected chi connectivity index (χ4v) is 3.47. The Balaban J connectivity index is 1.91. The summed E-state index contributed by atoms with van der Waals surface area (Å²) in [5.41, 5.74) is 3.96. The molecule has 37 heavy (non-hydrogen) atoms. The summed E-state index contributed by atoms with van der Waals surface area (Å²) in [7, 11) is 0. The Morgan fingerprint density at radius 3 is 2.27 bits per heavy atom. The van der Waals surface area contributed by atoms with E-state index < -0.39 is 33.0 Å². The molecule has 0 radical (unpaired) electrons. The van der Waals surface area contributed by atoms with Crippen LogP contribution in [0, 0.1) is 20.2 Å². The number of alkyl halides is 3. The van der Waals surface area contributed by atoms with E-state index in [1.54, 1.807) is 30.3 Å². The molecule has 2 N–H and O–H groups in total. The number of nitro benzene ring substituents is 2. The molecule has 0 atom stereocenters. The first-order valence-corrected chi connectivity index (χ1v) is 10.5. The Bertz CT molecular complexity index is 1560. The first-order chi connectivity index (χ1) is 17.5. The third-order valence-corrected chi connectivity index (χ3v) is 5.39. The van der Waals surface area contributed by atoms with Crippen molar-refractivity contribution in [3.8, 4) is 16.9 Å². The van der Waals surface area contributed by atoms with Crippen LogP contribution in [0.4, 0.5) is 41.7 Å². The van der Waals surface area contributed by atoms with Crippen molar-refractivity contribution >= 4 is 40.2 Å². The summed E-state index contributed by atoms with van der Waals surface area (Å²) in [6.07, 6.45) is -4.65. The van der Waals surface area contributed by atoms with Crippen molar-refractivity contribution in [2.24, 2.45) is 10.2 Å². The molecule has 11 nitrogen and oxygen atoms in total. The molecular weight excluding hydrogens is 519 g/mol. The van der Waals surface area contributed by atoms with E-state index in [0.29, 0.717) is 11.6 Å². The van der Waals surface area contributed by atoms with Gasteiger partial charge >= 0.3 is 11.9 Å². The molecule has 4 rings (SSSR count). The van der Waals surface area contributed by atoms with E-state index in [2.05, 4.69) is 15.3 Å². The van der Waals surface area contributed by atoms with Crippen LogP contribution in [0.25, 0.3) is 16.9 Å². The number of rotatable bonds is 6. The minimum atomic E-state index is -4.65. The highest BCUT2D eigenvalue weighted by molar-refractivity contribution is 6.33. The number of halogens is 4. The highest BCUT2D eigenvalue weighted by atomic mass is 35.5. The van der Waals surface area contributed by atoms with Crippen LogP contribution in [0.5, 0.6) is 0 Å². The van der Waals surface area contributed by atoms with Gasteiger partial charge < -0.3 is 5.73 Å². The molecule has 1 aromatic heterocycles. The van der Waals surface area contributed by atoms with Gasteiger partial charge in [0.05, 0.1) is 26.5 Å². The Morgan fingerprint density at radius 2 is 1.65 bits per heavy atom. The molecule has 3 aromatic carbocycles. The van der Waals surface area contributed by atoms with Crippen molar-refractivity contribution in [1.29, 1.82) is 0 Å². The number of nitrogens with zero attached hydrogens (tertiary/aromatic N) is 6. The second-order valence-electron chi connectivity index (χ2n) is 7.41. The number of nitro groups is 2. The quantitative estimate of drug-likeness (QED) is 0.160. The van der Waals surface area contributed by atoms with Crippen LogP contribution >= 0.6 is 11.6 Å². The Kier molecular flexibility index (Phi) is 6.59. The molecule has 0 amide bonds. The largest absolute Gasteiger partial charge is 0.416 e. The molecule has 0 aliphatic rings. The van der Waals surface area contributed by atoms with Crippen LogP contribution in [-0.2, 0) is 6.18 Å². The van der Waals surface area contributed by atoms with Crippen LogP contribution < -0.4 is 5.73 Å². The van der Waals surface area contributed by atoms with Gasteiger partial charge in [-0.25, -0.2) is 4.68 Å². The van der Waals surface area contributed by atoms with Crippen LogP contribution in [0.1, 0.15) is 5.56 Å². The van der Waals surface area contributed by atoms with E-state index >= 15 is 0 Å². The van der Waals surface area contributed by atoms with Crippen LogP contribution in [0.15, 0.2) is 77.0 Å². The first-order valence-electron chi connectivity index (χ1n) is 10.1. The van der Waals surface area contributed by atoms with Gasteiger partial charge in [-0.1, -0.05) is 41.9 Å². The van der Waals surface area contributed by atoms with Crippen molar-refractivity contribution in [3.05, 3.63) is 97.5 Å². The summed E-state index contributed by atoms with van der Waals surface area (Å²) in [4.78, 5) is 21.1. The van der Waals surface area contributed by atoms with Crippen LogP contribution in [0.3, 0.4) is 0 Å². The van der Waals surface area contributed by atoms with Crippen molar-refractivity contribution in [2.45, 2.75) is 6.18 Å². The summed E-state index contributed by atoms with van der Waals surface area (Å²) in [5, 5.41) is 34.8. The van der Waals surface area contributed by atoms with Gasteiger partial charge in [0.25, 0.3) is 5.69 Å². The number of azo groups is 1. The summed E-state index contributed by atoms with van der Waals surface area (Å²) < 4.78 is 40.4. The molecule has 15 heteroatoms. The third kappa shape index (κ3) is 5.08. The van der Waals surface area contributed by atoms with Gasteiger partial charge in [0.15, 0.2) is 11.5 Å². The Hall–Kier alpha value is -4.85.